The van der Waals surface area contributed by atoms with Gasteiger partial charge >= 0.3 is 0 Å². The molecule has 0 amide bonds. The number of aryl methyl sites for hydroxylation is 2. The van der Waals surface area contributed by atoms with Crippen LogP contribution in [-0.2, 0) is 11.2 Å². The first-order chi connectivity index (χ1) is 12.5. The molecule has 3 rings (SSSR count). The van der Waals surface area contributed by atoms with Crippen molar-refractivity contribution in [3.8, 4) is 11.5 Å². The number of methoxy groups -OCH3 is 1. The van der Waals surface area contributed by atoms with Crippen molar-refractivity contribution in [1.82, 2.24) is 4.57 Å². The van der Waals surface area contributed by atoms with Gasteiger partial charge in [0.15, 0.2) is 16.9 Å². The molecule has 1 saturated heterocycles. The second-order valence-electron chi connectivity index (χ2n) is 6.41. The van der Waals surface area contributed by atoms with Gasteiger partial charge in [-0.15, -0.1) is 0 Å². The van der Waals surface area contributed by atoms with E-state index in [9.17, 15) is 9.35 Å². The largest absolute Gasteiger partial charge is 0.616 e. The van der Waals surface area contributed by atoms with E-state index in [1.54, 1.807) is 19.2 Å². The molecule has 0 N–H and O–H groups in total. The number of pyridine rings is 1. The fourth-order valence-corrected chi connectivity index (χ4v) is 4.41. The maximum Gasteiger partial charge on any atom is 0.182 e. The maximum absolute atomic E-state index is 11.6. The molecule has 2 unspecified atom stereocenters. The van der Waals surface area contributed by atoms with Crippen LogP contribution in [0.1, 0.15) is 23.4 Å². The van der Waals surface area contributed by atoms with Crippen LogP contribution in [0, 0.1) is 13.8 Å². The Hall–Kier alpha value is -2.18. The highest BCUT2D eigenvalue weighted by Crippen LogP contribution is 2.31. The van der Waals surface area contributed by atoms with Crippen LogP contribution in [0.25, 0.3) is 12.3 Å². The van der Waals surface area contributed by atoms with E-state index in [-0.39, 0.29) is 11.5 Å². The quantitative estimate of drug-likeness (QED) is 0.756. The van der Waals surface area contributed by atoms with Gasteiger partial charge in [0.25, 0.3) is 0 Å². The van der Waals surface area contributed by atoms with Gasteiger partial charge in [0.1, 0.15) is 17.6 Å². The lowest BCUT2D eigenvalue weighted by Crippen LogP contribution is -2.18. The van der Waals surface area contributed by atoms with Crippen molar-refractivity contribution in [3.63, 3.8) is 0 Å². The molecule has 0 aliphatic carbocycles. The molecule has 1 fully saturated rings. The predicted molar refractivity (Wildman–Crippen MR) is 105 cm³/mol. The molecule has 0 saturated carbocycles. The first kappa shape index (κ1) is 18.6. The molecule has 2 heterocycles. The van der Waals surface area contributed by atoms with Gasteiger partial charge in [0.05, 0.1) is 7.11 Å². The van der Waals surface area contributed by atoms with E-state index >= 15 is 0 Å². The van der Waals surface area contributed by atoms with E-state index < -0.39 is 11.2 Å². The molecular weight excluding hydrogens is 350 g/mol. The van der Waals surface area contributed by atoms with Crippen LogP contribution < -0.4 is 14.9 Å². The van der Waals surface area contributed by atoms with E-state index in [1.807, 2.05) is 48.9 Å². The monoisotopic (exact) mass is 373 g/mol. The number of nitrogens with zero attached hydrogens (tertiary/aromatic N) is 1. The molecule has 138 valence electrons. The Kier molecular flexibility index (Phi) is 5.74. The van der Waals surface area contributed by atoms with E-state index in [0.29, 0.717) is 23.0 Å². The molecule has 1 aromatic carbocycles. The molecule has 6 heteroatoms. The number of rotatable bonds is 5. The molecule has 2 aromatic rings. The van der Waals surface area contributed by atoms with Gasteiger partial charge in [-0.25, -0.2) is 0 Å². The lowest BCUT2D eigenvalue weighted by molar-refractivity contribution is 0.218. The molecule has 0 radical (unpaired) electrons. The standard InChI is InChI=1S/C20H23NO4S/c1-14-10-17(22)11-15(2)21(14)8-6-16-4-5-19(24-3)20(12-16)25-18-7-9-26(23)13-18/h4-6,8,10-12,18H,7,9,13H2,1-3H3/b8-6+. The fraction of sp³-hybridized carbons (Fsp3) is 0.350. The lowest BCUT2D eigenvalue weighted by atomic mass is 10.2. The van der Waals surface area contributed by atoms with Gasteiger partial charge in [0, 0.05) is 36.1 Å². The first-order valence-corrected chi connectivity index (χ1v) is 10.0. The van der Waals surface area contributed by atoms with Crippen LogP contribution in [-0.4, -0.2) is 33.8 Å². The average molecular weight is 373 g/mol. The minimum absolute atomic E-state index is 0.0127. The van der Waals surface area contributed by atoms with Gasteiger partial charge in [0.2, 0.25) is 0 Å². The van der Waals surface area contributed by atoms with Crippen molar-refractivity contribution in [3.05, 3.63) is 57.5 Å². The molecule has 2 atom stereocenters. The summed E-state index contributed by atoms with van der Waals surface area (Å²) in [5.74, 6) is 2.58. The van der Waals surface area contributed by atoms with Gasteiger partial charge in [-0.05, 0) is 48.8 Å². The summed E-state index contributed by atoms with van der Waals surface area (Å²) < 4.78 is 25.0. The third-order valence-corrected chi connectivity index (χ3v) is 5.83. The maximum atomic E-state index is 11.6. The summed E-state index contributed by atoms with van der Waals surface area (Å²) in [6, 6.07) is 8.96. The minimum atomic E-state index is -0.785. The summed E-state index contributed by atoms with van der Waals surface area (Å²) in [4.78, 5) is 11.6. The average Bonchev–Trinajstić information content (AvgIpc) is 2.99. The number of aromatic nitrogens is 1. The summed E-state index contributed by atoms with van der Waals surface area (Å²) in [5, 5.41) is 0. The van der Waals surface area contributed by atoms with Crippen molar-refractivity contribution in [1.29, 1.82) is 0 Å². The van der Waals surface area contributed by atoms with Crippen LogP contribution in [0.15, 0.2) is 35.1 Å². The van der Waals surface area contributed by atoms with Crippen LogP contribution >= 0.6 is 0 Å². The third-order valence-electron chi connectivity index (χ3n) is 4.40. The zero-order valence-corrected chi connectivity index (χ0v) is 16.0. The second-order valence-corrected chi connectivity index (χ2v) is 8.03. The van der Waals surface area contributed by atoms with Crippen LogP contribution in [0.4, 0.5) is 0 Å². The van der Waals surface area contributed by atoms with Gasteiger partial charge in [-0.2, -0.15) is 0 Å². The fourth-order valence-electron chi connectivity index (χ4n) is 3.06. The van der Waals surface area contributed by atoms with Gasteiger partial charge in [-0.3, -0.25) is 4.79 Å². The zero-order valence-electron chi connectivity index (χ0n) is 15.2. The van der Waals surface area contributed by atoms with Crippen LogP contribution in [0.5, 0.6) is 11.5 Å². The molecule has 1 aliphatic rings. The molecule has 1 aromatic heterocycles. The molecule has 5 nitrogen and oxygen atoms in total. The Bertz CT molecular complexity index is 848. The second kappa shape index (κ2) is 8.01. The molecule has 0 spiro atoms. The van der Waals surface area contributed by atoms with Crippen molar-refractivity contribution in [2.75, 3.05) is 18.6 Å². The Morgan fingerprint density at radius 2 is 1.92 bits per heavy atom. The highest BCUT2D eigenvalue weighted by molar-refractivity contribution is 7.91. The normalized spacial score (nSPS) is 19.8. The smallest absolute Gasteiger partial charge is 0.182 e. The Balaban J connectivity index is 1.84. The number of ether oxygens (including phenoxy) is 2. The predicted octanol–water partition coefficient (Wildman–Crippen LogP) is 3.00. The van der Waals surface area contributed by atoms with E-state index in [0.717, 1.165) is 23.4 Å². The third kappa shape index (κ3) is 4.31. The zero-order chi connectivity index (χ0) is 18.7. The number of hydrogen-bond donors (Lipinski definition) is 0. The highest BCUT2D eigenvalue weighted by Gasteiger charge is 2.28. The summed E-state index contributed by atoms with van der Waals surface area (Å²) in [5.41, 5.74) is 2.73. The summed E-state index contributed by atoms with van der Waals surface area (Å²) in [7, 11) is 1.61. The van der Waals surface area contributed by atoms with Crippen molar-refractivity contribution in [2.24, 2.45) is 0 Å². The van der Waals surface area contributed by atoms with Crippen molar-refractivity contribution in [2.45, 2.75) is 26.4 Å². The Labute approximate surface area is 156 Å². The number of benzene rings is 1. The van der Waals surface area contributed by atoms with E-state index in [4.69, 9.17) is 9.47 Å². The van der Waals surface area contributed by atoms with Crippen molar-refractivity contribution < 1.29 is 14.0 Å². The van der Waals surface area contributed by atoms with E-state index in [1.165, 1.54) is 0 Å². The Morgan fingerprint density at radius 1 is 1.19 bits per heavy atom. The van der Waals surface area contributed by atoms with E-state index in [2.05, 4.69) is 0 Å². The molecule has 26 heavy (non-hydrogen) atoms. The van der Waals surface area contributed by atoms with Crippen LogP contribution in [0.3, 0.4) is 0 Å². The highest BCUT2D eigenvalue weighted by atomic mass is 32.2. The molecular formula is C20H23NO4S. The lowest BCUT2D eigenvalue weighted by Gasteiger charge is -2.15. The summed E-state index contributed by atoms with van der Waals surface area (Å²) in [6.45, 7) is 3.81. The van der Waals surface area contributed by atoms with Crippen LogP contribution in [0.2, 0.25) is 0 Å². The topological polar surface area (TPSA) is 63.5 Å². The molecule has 0 bridgehead atoms. The van der Waals surface area contributed by atoms with Gasteiger partial charge < -0.3 is 18.6 Å². The SMILES string of the molecule is COc1ccc(/C=C/n2c(C)cc(=O)cc2C)cc1OC1CC[S+]([O-])C1. The summed E-state index contributed by atoms with van der Waals surface area (Å²) >= 11 is -0.785. The van der Waals surface area contributed by atoms with Crippen molar-refractivity contribution >= 4 is 23.5 Å². The number of hydrogen-bond acceptors (Lipinski definition) is 4. The Morgan fingerprint density at radius 3 is 2.54 bits per heavy atom. The molecule has 1 aliphatic heterocycles. The minimum Gasteiger partial charge on any atom is -0.616 e. The summed E-state index contributed by atoms with van der Waals surface area (Å²) in [6.07, 6.45) is 4.66. The first-order valence-electron chi connectivity index (χ1n) is 8.54. The van der Waals surface area contributed by atoms with Gasteiger partial charge in [-0.1, -0.05) is 6.07 Å².